The molecule has 0 atom stereocenters. The van der Waals surface area contributed by atoms with Crippen molar-refractivity contribution in [2.75, 3.05) is 37.7 Å². The number of thiazole rings is 1. The second-order valence-corrected chi connectivity index (χ2v) is 9.37. The minimum Gasteiger partial charge on any atom is -0.492 e. The van der Waals surface area contributed by atoms with Crippen LogP contribution in [0.1, 0.15) is 25.9 Å². The number of anilines is 1. The molecule has 2 aliphatic rings. The first kappa shape index (κ1) is 22.1. The molecule has 1 saturated heterocycles. The number of pyridine rings is 1. The van der Waals surface area contributed by atoms with Crippen molar-refractivity contribution in [1.82, 2.24) is 14.9 Å². The highest BCUT2D eigenvalue weighted by Gasteiger charge is 2.28. The number of carbonyl (C=O) groups is 1. The van der Waals surface area contributed by atoms with Gasteiger partial charge in [0.05, 0.1) is 12.3 Å². The van der Waals surface area contributed by atoms with Crippen LogP contribution in [0.3, 0.4) is 0 Å². The fourth-order valence-corrected chi connectivity index (χ4v) is 5.32. The van der Waals surface area contributed by atoms with Gasteiger partial charge in [-0.2, -0.15) is 0 Å². The number of amides is 1. The predicted octanol–water partition coefficient (Wildman–Crippen LogP) is 3.36. The number of ether oxygens (including phenoxy) is 1. The molecule has 0 radical (unpaired) electrons. The summed E-state index contributed by atoms with van der Waals surface area (Å²) in [7, 11) is 0. The van der Waals surface area contributed by atoms with Crippen molar-refractivity contribution in [3.05, 3.63) is 63.7 Å². The quantitative estimate of drug-likeness (QED) is 0.562. The van der Waals surface area contributed by atoms with E-state index in [2.05, 4.69) is 9.88 Å². The third-order valence-corrected chi connectivity index (χ3v) is 7.24. The zero-order chi connectivity index (χ0) is 23.7. The van der Waals surface area contributed by atoms with E-state index in [9.17, 15) is 4.79 Å². The summed E-state index contributed by atoms with van der Waals surface area (Å²) in [4.78, 5) is 27.8. The molecule has 2 aliphatic heterocycles. The van der Waals surface area contributed by atoms with Gasteiger partial charge in [-0.25, -0.2) is 9.97 Å². The minimum absolute atomic E-state index is 0.0221. The van der Waals surface area contributed by atoms with Gasteiger partial charge in [-0.1, -0.05) is 12.1 Å². The van der Waals surface area contributed by atoms with Gasteiger partial charge in [-0.3, -0.25) is 4.79 Å². The van der Waals surface area contributed by atoms with Crippen LogP contribution in [0.25, 0.3) is 16.8 Å². The van der Waals surface area contributed by atoms with E-state index in [1.807, 2.05) is 48.2 Å². The molecule has 3 N–H and O–H groups in total. The lowest BCUT2D eigenvalue weighted by Gasteiger charge is -2.35. The number of nitrogens with two attached hydrogens (primary N) is 1. The molecule has 174 valence electrons. The van der Waals surface area contributed by atoms with E-state index in [1.165, 1.54) is 23.8 Å². The molecule has 0 unspecified atom stereocenters. The fraction of sp³-hybridized carbons (Fsp3) is 0.280. The second-order valence-electron chi connectivity index (χ2n) is 8.28. The summed E-state index contributed by atoms with van der Waals surface area (Å²) in [6.45, 7) is 5.27. The van der Waals surface area contributed by atoms with Crippen molar-refractivity contribution in [3.8, 4) is 17.0 Å². The Morgan fingerprint density at radius 3 is 2.74 bits per heavy atom. The first-order valence-corrected chi connectivity index (χ1v) is 12.1. The van der Waals surface area contributed by atoms with Gasteiger partial charge in [0.15, 0.2) is 5.01 Å². The number of nitrogens with one attached hydrogen (secondary N) is 1. The lowest BCUT2D eigenvalue weighted by molar-refractivity contribution is 0.0746. The van der Waals surface area contributed by atoms with E-state index in [0.29, 0.717) is 42.4 Å². The van der Waals surface area contributed by atoms with Crippen LogP contribution in [-0.4, -0.2) is 59.8 Å². The normalized spacial score (nSPS) is 15.7. The third-order valence-electron chi connectivity index (χ3n) is 6.14. The Kier molecular flexibility index (Phi) is 6.02. The molecule has 4 heterocycles. The number of hydrogen-bond donors (Lipinski definition) is 2. The molecule has 1 aromatic carbocycles. The lowest BCUT2D eigenvalue weighted by atomic mass is 10.0. The SMILES string of the molecule is Cc1cccc(N2CCN(C(=O)c3nc4c(s3)CCOc3cc(/C(C=N)=C/N)ccc3-4)CC2)n1. The molecule has 1 amide bonds. The number of carbonyl (C=O) groups excluding carboxylic acids is 1. The minimum atomic E-state index is -0.0221. The van der Waals surface area contributed by atoms with Gasteiger partial charge in [-0.05, 0) is 36.8 Å². The smallest absolute Gasteiger partial charge is 0.282 e. The zero-order valence-electron chi connectivity index (χ0n) is 19.0. The summed E-state index contributed by atoms with van der Waals surface area (Å²) in [5, 5.41) is 8.06. The van der Waals surface area contributed by atoms with Crippen LogP contribution in [0, 0.1) is 12.3 Å². The van der Waals surface area contributed by atoms with Gasteiger partial charge in [0.25, 0.3) is 5.91 Å². The molecule has 34 heavy (non-hydrogen) atoms. The van der Waals surface area contributed by atoms with Crippen LogP contribution >= 0.6 is 11.3 Å². The zero-order valence-corrected chi connectivity index (χ0v) is 19.8. The maximum Gasteiger partial charge on any atom is 0.282 e. The predicted molar refractivity (Wildman–Crippen MR) is 135 cm³/mol. The monoisotopic (exact) mass is 474 g/mol. The fourth-order valence-electron chi connectivity index (χ4n) is 4.30. The van der Waals surface area contributed by atoms with Crippen molar-refractivity contribution in [3.63, 3.8) is 0 Å². The molecule has 5 rings (SSSR count). The number of piperazine rings is 1. The van der Waals surface area contributed by atoms with Crippen LogP contribution in [0.5, 0.6) is 5.75 Å². The van der Waals surface area contributed by atoms with Gasteiger partial charge in [-0.15, -0.1) is 11.3 Å². The highest BCUT2D eigenvalue weighted by Crippen LogP contribution is 2.39. The number of nitrogens with zero attached hydrogens (tertiary/aromatic N) is 4. The average molecular weight is 475 g/mol. The van der Waals surface area contributed by atoms with Crippen LogP contribution in [0.2, 0.25) is 0 Å². The molecular weight excluding hydrogens is 448 g/mol. The summed E-state index contributed by atoms with van der Waals surface area (Å²) in [6, 6.07) is 11.7. The van der Waals surface area contributed by atoms with E-state index in [0.717, 1.165) is 46.3 Å². The van der Waals surface area contributed by atoms with Crippen molar-refractivity contribution in [2.24, 2.45) is 5.73 Å². The van der Waals surface area contributed by atoms with Gasteiger partial charge >= 0.3 is 0 Å². The number of aryl methyl sites for hydroxylation is 1. The van der Waals surface area contributed by atoms with Crippen molar-refractivity contribution < 1.29 is 9.53 Å². The van der Waals surface area contributed by atoms with E-state index >= 15 is 0 Å². The Balaban J connectivity index is 1.35. The molecule has 9 heteroatoms. The van der Waals surface area contributed by atoms with Crippen molar-refractivity contribution in [1.29, 1.82) is 5.41 Å². The first-order chi connectivity index (χ1) is 16.6. The highest BCUT2D eigenvalue weighted by atomic mass is 32.1. The largest absolute Gasteiger partial charge is 0.492 e. The Labute approximate surface area is 202 Å². The molecule has 0 spiro atoms. The average Bonchev–Trinajstić information content (AvgIpc) is 3.21. The Morgan fingerprint density at radius 2 is 2.00 bits per heavy atom. The standard InChI is InChI=1S/C25H26N6O2S/c1-16-3-2-4-22(28-16)30-8-10-31(11-9-30)25(32)24-29-23-19-6-5-17(18(14-26)15-27)13-20(19)33-12-7-21(23)34-24/h2-6,13-15,26H,7-12,27H2,1H3/b18-15+,26-14?. The van der Waals surface area contributed by atoms with Gasteiger partial charge in [0.1, 0.15) is 11.6 Å². The Hall–Kier alpha value is -3.72. The maximum atomic E-state index is 13.3. The molecule has 0 saturated carbocycles. The molecule has 3 aromatic rings. The summed E-state index contributed by atoms with van der Waals surface area (Å²) in [6.07, 6.45) is 3.32. The summed E-state index contributed by atoms with van der Waals surface area (Å²) < 4.78 is 5.96. The number of hydrogen-bond acceptors (Lipinski definition) is 8. The first-order valence-electron chi connectivity index (χ1n) is 11.2. The van der Waals surface area contributed by atoms with E-state index in [4.69, 9.17) is 20.9 Å². The van der Waals surface area contributed by atoms with Gasteiger partial charge < -0.3 is 25.7 Å². The van der Waals surface area contributed by atoms with E-state index < -0.39 is 0 Å². The summed E-state index contributed by atoms with van der Waals surface area (Å²) >= 11 is 1.46. The van der Waals surface area contributed by atoms with Crippen LogP contribution < -0.4 is 15.4 Å². The van der Waals surface area contributed by atoms with E-state index in [1.54, 1.807) is 0 Å². The Bertz CT molecular complexity index is 1280. The highest BCUT2D eigenvalue weighted by molar-refractivity contribution is 7.14. The third kappa shape index (κ3) is 4.14. The van der Waals surface area contributed by atoms with Gasteiger partial charge in [0.2, 0.25) is 0 Å². The molecule has 0 bridgehead atoms. The maximum absolute atomic E-state index is 13.3. The van der Waals surface area contributed by atoms with Crippen molar-refractivity contribution in [2.45, 2.75) is 13.3 Å². The number of aromatic nitrogens is 2. The number of allylic oxidation sites excluding steroid dienone is 1. The second kappa shape index (κ2) is 9.26. The van der Waals surface area contributed by atoms with Gasteiger partial charge in [0, 0.05) is 66.7 Å². The topological polar surface area (TPSA) is 108 Å². The summed E-state index contributed by atoms with van der Waals surface area (Å²) in [5.74, 6) is 1.63. The molecule has 8 nitrogen and oxygen atoms in total. The molecular formula is C25H26N6O2S. The summed E-state index contributed by atoms with van der Waals surface area (Å²) in [5.41, 5.74) is 9.73. The van der Waals surface area contributed by atoms with Crippen molar-refractivity contribution >= 4 is 34.8 Å². The molecule has 0 aliphatic carbocycles. The van der Waals surface area contributed by atoms with Crippen LogP contribution in [0.4, 0.5) is 5.82 Å². The Morgan fingerprint density at radius 1 is 1.18 bits per heavy atom. The number of benzene rings is 1. The lowest BCUT2D eigenvalue weighted by Crippen LogP contribution is -2.49. The number of fused-ring (bicyclic) bond motifs is 3. The van der Waals surface area contributed by atoms with Crippen LogP contribution in [0.15, 0.2) is 42.6 Å². The molecule has 2 aromatic heterocycles. The van der Waals surface area contributed by atoms with Crippen LogP contribution in [-0.2, 0) is 6.42 Å². The van der Waals surface area contributed by atoms with E-state index in [-0.39, 0.29) is 5.91 Å². The molecule has 1 fully saturated rings. The number of rotatable bonds is 4.